The maximum atomic E-state index is 15.8. The van der Waals surface area contributed by atoms with E-state index in [0.717, 1.165) is 40.7 Å². The van der Waals surface area contributed by atoms with Gasteiger partial charge in [0.1, 0.15) is 17.3 Å². The average Bonchev–Trinajstić information content (AvgIpc) is 2.96. The summed E-state index contributed by atoms with van der Waals surface area (Å²) in [5.74, 6) is -1.12. The van der Waals surface area contributed by atoms with Gasteiger partial charge in [-0.15, -0.1) is 13.2 Å². The van der Waals surface area contributed by atoms with E-state index < -0.39 is 23.3 Å². The summed E-state index contributed by atoms with van der Waals surface area (Å²) in [6, 6.07) is 18.8. The molecule has 4 heteroatoms. The molecule has 0 saturated heterocycles. The Kier molecular flexibility index (Phi) is 13.8. The Balaban J connectivity index is 0.00000148. The van der Waals surface area contributed by atoms with E-state index in [1.807, 2.05) is 37.8 Å². The second-order valence-electron chi connectivity index (χ2n) is 11.4. The van der Waals surface area contributed by atoms with Gasteiger partial charge in [0.2, 0.25) is 0 Å². The molecule has 1 aliphatic rings. The van der Waals surface area contributed by atoms with Gasteiger partial charge in [-0.2, -0.15) is 0 Å². The molecule has 0 bridgehead atoms. The average molecular weight is 578 g/mol. The van der Waals surface area contributed by atoms with Gasteiger partial charge in [-0.3, -0.25) is 4.90 Å². The molecule has 1 unspecified atom stereocenters. The second-order valence-corrected chi connectivity index (χ2v) is 11.4. The van der Waals surface area contributed by atoms with E-state index in [2.05, 4.69) is 63.4 Å². The molecule has 1 heterocycles. The molecule has 0 aromatic heterocycles. The third-order valence-corrected chi connectivity index (χ3v) is 7.63. The quantitative estimate of drug-likeness (QED) is 0.229. The molecule has 3 aromatic rings. The van der Waals surface area contributed by atoms with Crippen LogP contribution in [0.25, 0.3) is 5.57 Å². The van der Waals surface area contributed by atoms with E-state index >= 15 is 8.78 Å². The van der Waals surface area contributed by atoms with Gasteiger partial charge in [0.15, 0.2) is 0 Å². The van der Waals surface area contributed by atoms with Crippen molar-refractivity contribution in [2.75, 3.05) is 13.1 Å². The van der Waals surface area contributed by atoms with Gasteiger partial charge < -0.3 is 0 Å². The van der Waals surface area contributed by atoms with Crippen molar-refractivity contribution >= 4 is 5.57 Å². The van der Waals surface area contributed by atoms with Crippen LogP contribution in [0.15, 0.2) is 79.4 Å². The number of alkyl halides is 1. The minimum Gasteiger partial charge on any atom is -0.289 e. The summed E-state index contributed by atoms with van der Waals surface area (Å²) < 4.78 is 46.4. The summed E-state index contributed by atoms with van der Waals surface area (Å²) in [7, 11) is 0. The Bertz CT molecular complexity index is 1280. The molecule has 0 radical (unpaired) electrons. The van der Waals surface area contributed by atoms with Crippen LogP contribution in [0.4, 0.5) is 13.2 Å². The minimum absolute atomic E-state index is 0.0187. The van der Waals surface area contributed by atoms with Crippen molar-refractivity contribution in [3.05, 3.63) is 124 Å². The Morgan fingerprint density at radius 1 is 0.833 bits per heavy atom. The molecular formula is C38H50F3N. The number of halogens is 3. The Morgan fingerprint density at radius 2 is 1.36 bits per heavy atom. The highest BCUT2D eigenvalue weighted by Gasteiger charge is 2.36. The van der Waals surface area contributed by atoms with E-state index in [-0.39, 0.29) is 12.1 Å². The Morgan fingerprint density at radius 3 is 1.88 bits per heavy atom. The van der Waals surface area contributed by atoms with Crippen LogP contribution < -0.4 is 0 Å². The van der Waals surface area contributed by atoms with Gasteiger partial charge in [0.25, 0.3) is 0 Å². The van der Waals surface area contributed by atoms with Crippen molar-refractivity contribution in [1.29, 1.82) is 0 Å². The lowest BCUT2D eigenvalue weighted by atomic mass is 9.83. The van der Waals surface area contributed by atoms with Crippen LogP contribution in [0.5, 0.6) is 0 Å². The van der Waals surface area contributed by atoms with E-state index in [1.165, 1.54) is 31.5 Å². The van der Waals surface area contributed by atoms with Crippen LogP contribution in [0, 0.1) is 18.6 Å². The Hall–Kier alpha value is -3.11. The van der Waals surface area contributed by atoms with Crippen molar-refractivity contribution in [1.82, 2.24) is 4.90 Å². The summed E-state index contributed by atoms with van der Waals surface area (Å²) in [5.41, 5.74) is 5.82. The molecule has 228 valence electrons. The topological polar surface area (TPSA) is 3.24 Å². The molecule has 1 aliphatic heterocycles. The smallest absolute Gasteiger partial charge is 0.131 e. The zero-order chi connectivity index (χ0) is 31.4. The lowest BCUT2D eigenvalue weighted by molar-refractivity contribution is 0.0990. The number of nitrogens with zero attached hydrogens (tertiary/aromatic N) is 1. The van der Waals surface area contributed by atoms with Crippen molar-refractivity contribution < 1.29 is 13.2 Å². The normalized spacial score (nSPS) is 15.4. The molecule has 0 aliphatic carbocycles. The molecule has 1 nitrogen and oxygen atoms in total. The molecule has 0 N–H and O–H groups in total. The van der Waals surface area contributed by atoms with Crippen molar-refractivity contribution in [2.24, 2.45) is 0 Å². The maximum absolute atomic E-state index is 15.8. The van der Waals surface area contributed by atoms with Crippen molar-refractivity contribution in [3.8, 4) is 0 Å². The number of rotatable bonds is 9. The van der Waals surface area contributed by atoms with E-state index in [4.69, 9.17) is 0 Å². The molecular weight excluding hydrogens is 527 g/mol. The molecule has 3 aromatic carbocycles. The summed E-state index contributed by atoms with van der Waals surface area (Å²) in [6.45, 7) is 19.8. The van der Waals surface area contributed by atoms with Crippen LogP contribution in [0.2, 0.25) is 0 Å². The zero-order valence-corrected chi connectivity index (χ0v) is 26.8. The first kappa shape index (κ1) is 35.1. The molecule has 1 atom stereocenters. The molecule has 4 rings (SSSR count). The summed E-state index contributed by atoms with van der Waals surface area (Å²) >= 11 is 0. The number of benzene rings is 3. The van der Waals surface area contributed by atoms with Crippen LogP contribution in [-0.4, -0.2) is 23.7 Å². The predicted octanol–water partition coefficient (Wildman–Crippen LogP) is 10.8. The van der Waals surface area contributed by atoms with E-state index in [9.17, 15) is 4.39 Å². The molecule has 42 heavy (non-hydrogen) atoms. The first-order valence-corrected chi connectivity index (χ1v) is 15.3. The van der Waals surface area contributed by atoms with Gasteiger partial charge in [-0.1, -0.05) is 75.7 Å². The van der Waals surface area contributed by atoms with E-state index in [1.54, 1.807) is 0 Å². The first-order chi connectivity index (χ1) is 20.1. The molecule has 0 amide bonds. The fourth-order valence-corrected chi connectivity index (χ4v) is 5.82. The highest BCUT2D eigenvalue weighted by molar-refractivity contribution is 5.73. The van der Waals surface area contributed by atoms with Gasteiger partial charge >= 0.3 is 0 Å². The monoisotopic (exact) mass is 577 g/mol. The predicted molar refractivity (Wildman–Crippen MR) is 175 cm³/mol. The maximum Gasteiger partial charge on any atom is 0.131 e. The third kappa shape index (κ3) is 9.19. The van der Waals surface area contributed by atoms with Gasteiger partial charge in [0.05, 0.1) is 6.04 Å². The van der Waals surface area contributed by atoms with Crippen LogP contribution in [0.1, 0.15) is 93.8 Å². The molecule has 0 saturated carbocycles. The Labute approximate surface area is 253 Å². The fourth-order valence-electron chi connectivity index (χ4n) is 5.82. The van der Waals surface area contributed by atoms with Gasteiger partial charge in [0, 0.05) is 18.7 Å². The highest BCUT2D eigenvalue weighted by Crippen LogP contribution is 2.43. The second kappa shape index (κ2) is 16.5. The lowest BCUT2D eigenvalue weighted by Crippen LogP contribution is -2.42. The van der Waals surface area contributed by atoms with Crippen LogP contribution in [0.3, 0.4) is 0 Å². The third-order valence-electron chi connectivity index (χ3n) is 7.63. The van der Waals surface area contributed by atoms with Gasteiger partial charge in [-0.25, -0.2) is 13.2 Å². The first-order valence-electron chi connectivity index (χ1n) is 15.3. The van der Waals surface area contributed by atoms with E-state index in [0.29, 0.717) is 31.4 Å². The summed E-state index contributed by atoms with van der Waals surface area (Å²) in [5, 5.41) is 0. The SMILES string of the molecule is C=C.CC.CCCc1ccc(CCc2cc(F)c(C3C(C)=C(c4ccccc4C)CCN3CC(C)(C)F)c(F)c2)cc1. The number of hydrogen-bond donors (Lipinski definition) is 0. The largest absolute Gasteiger partial charge is 0.289 e. The number of aryl methyl sites for hydroxylation is 4. The standard InChI is InChI=1S/C34H40F3N.C2H6.C2H4/c1-6-9-25-12-14-26(15-13-25)16-17-27-20-30(35)32(31(36)21-27)33-24(3)29(28-11-8-7-10-23(28)2)18-19-38(33)22-34(4,5)37;2*1-2/h7-8,10-15,20-21,33H,6,9,16-19,22H2,1-5H3;1-2H3;1-2H2. The lowest BCUT2D eigenvalue weighted by Gasteiger charge is -2.41. The summed E-state index contributed by atoms with van der Waals surface area (Å²) in [6.07, 6.45) is 4.13. The molecule has 0 fully saturated rings. The summed E-state index contributed by atoms with van der Waals surface area (Å²) in [4.78, 5) is 1.90. The van der Waals surface area contributed by atoms with Crippen molar-refractivity contribution in [3.63, 3.8) is 0 Å². The molecule has 0 spiro atoms. The van der Waals surface area contributed by atoms with Crippen LogP contribution >= 0.6 is 0 Å². The van der Waals surface area contributed by atoms with Gasteiger partial charge in [-0.05, 0) is 104 Å². The van der Waals surface area contributed by atoms with Crippen molar-refractivity contribution in [2.45, 2.75) is 92.3 Å². The van der Waals surface area contributed by atoms with Crippen LogP contribution in [-0.2, 0) is 19.3 Å². The minimum atomic E-state index is -1.49. The highest BCUT2D eigenvalue weighted by atomic mass is 19.1. The fraction of sp³-hybridized carbons (Fsp3) is 0.421. The zero-order valence-electron chi connectivity index (χ0n) is 26.8. The number of hydrogen-bond acceptors (Lipinski definition) is 1.